The molecule has 0 radical (unpaired) electrons. The van der Waals surface area contributed by atoms with Crippen molar-refractivity contribution in [3.63, 3.8) is 0 Å². The van der Waals surface area contributed by atoms with Crippen LogP contribution < -0.4 is 0 Å². The third kappa shape index (κ3) is 5.31. The topological polar surface area (TPSA) is 78.9 Å². The van der Waals surface area contributed by atoms with E-state index in [1.165, 1.54) is 0 Å². The van der Waals surface area contributed by atoms with E-state index in [1.807, 2.05) is 0 Å². The third-order valence-electron chi connectivity index (χ3n) is 4.22. The summed E-state index contributed by atoms with van der Waals surface area (Å²) in [4.78, 5) is 37.2. The summed E-state index contributed by atoms with van der Waals surface area (Å²) in [5, 5.41) is 0. The summed E-state index contributed by atoms with van der Waals surface area (Å²) in [6.07, 6.45) is 1.22. The summed E-state index contributed by atoms with van der Waals surface area (Å²) >= 11 is 0. The first-order chi connectivity index (χ1) is 12.2. The molecule has 0 heterocycles. The average molecular weight is 362 g/mol. The van der Waals surface area contributed by atoms with Gasteiger partial charge in [0.1, 0.15) is 18.6 Å². The summed E-state index contributed by atoms with van der Waals surface area (Å²) in [5.74, 6) is -2.56. The number of esters is 3. The molecular formula is C20H26O6. The fourth-order valence-electron chi connectivity index (χ4n) is 2.33. The van der Waals surface area contributed by atoms with Crippen molar-refractivity contribution in [3.05, 3.63) is 35.9 Å². The molecule has 142 valence electrons. The minimum Gasteiger partial charge on any atom is -0.463 e. The van der Waals surface area contributed by atoms with Crippen LogP contribution >= 0.6 is 0 Å². The van der Waals surface area contributed by atoms with Gasteiger partial charge in [-0.15, -0.1) is 0 Å². The monoisotopic (exact) mass is 362 g/mol. The van der Waals surface area contributed by atoms with Crippen molar-refractivity contribution in [1.29, 1.82) is 0 Å². The molecule has 26 heavy (non-hydrogen) atoms. The van der Waals surface area contributed by atoms with Crippen LogP contribution in [0.25, 0.3) is 0 Å². The molecule has 2 rings (SSSR count). The highest BCUT2D eigenvalue weighted by Gasteiger charge is 2.46. The minimum absolute atomic E-state index is 0.105. The molecule has 1 aliphatic rings. The molecule has 6 nitrogen and oxygen atoms in total. The standard InChI is InChI=1S/C20H26O6/c1-13(2)25-19(23)20(3,4)16(18(22)26-15-10-11-15)12-24-17(21)14-8-6-5-7-9-14/h5-9,13,15-16H,10-12H2,1-4H3. The van der Waals surface area contributed by atoms with E-state index in [2.05, 4.69) is 0 Å². The molecule has 1 saturated carbocycles. The van der Waals surface area contributed by atoms with Gasteiger partial charge < -0.3 is 14.2 Å². The van der Waals surface area contributed by atoms with E-state index >= 15 is 0 Å². The van der Waals surface area contributed by atoms with Crippen molar-refractivity contribution >= 4 is 17.9 Å². The van der Waals surface area contributed by atoms with Crippen LogP contribution in [0.5, 0.6) is 0 Å². The largest absolute Gasteiger partial charge is 0.463 e. The Balaban J connectivity index is 2.10. The fourth-order valence-corrected chi connectivity index (χ4v) is 2.33. The second-order valence-corrected chi connectivity index (χ2v) is 7.33. The van der Waals surface area contributed by atoms with Crippen molar-refractivity contribution in [2.75, 3.05) is 6.61 Å². The summed E-state index contributed by atoms with van der Waals surface area (Å²) in [6.45, 7) is 6.43. The molecule has 0 spiro atoms. The molecule has 1 aliphatic carbocycles. The van der Waals surface area contributed by atoms with Gasteiger partial charge in [0.15, 0.2) is 0 Å². The van der Waals surface area contributed by atoms with Crippen LogP contribution in [0.4, 0.5) is 0 Å². The molecule has 0 N–H and O–H groups in total. The van der Waals surface area contributed by atoms with Crippen LogP contribution in [0.3, 0.4) is 0 Å². The lowest BCUT2D eigenvalue weighted by Crippen LogP contribution is -2.43. The summed E-state index contributed by atoms with van der Waals surface area (Å²) in [6, 6.07) is 8.48. The lowest BCUT2D eigenvalue weighted by molar-refractivity contribution is -0.172. The maximum absolute atomic E-state index is 12.6. The lowest BCUT2D eigenvalue weighted by atomic mass is 9.79. The zero-order valence-electron chi connectivity index (χ0n) is 15.7. The molecule has 0 aromatic heterocycles. The molecule has 1 unspecified atom stereocenters. The highest BCUT2D eigenvalue weighted by molar-refractivity contribution is 5.90. The number of hydrogen-bond donors (Lipinski definition) is 0. The number of carbonyl (C=O) groups is 3. The number of rotatable bonds is 8. The average Bonchev–Trinajstić information content (AvgIpc) is 3.38. The number of carbonyl (C=O) groups excluding carboxylic acids is 3. The van der Waals surface area contributed by atoms with Crippen molar-refractivity contribution in [2.24, 2.45) is 11.3 Å². The smallest absolute Gasteiger partial charge is 0.338 e. The van der Waals surface area contributed by atoms with Gasteiger partial charge in [0, 0.05) is 0 Å². The highest BCUT2D eigenvalue weighted by atomic mass is 16.6. The SMILES string of the molecule is CC(C)OC(=O)C(C)(C)C(COC(=O)c1ccccc1)C(=O)OC1CC1. The molecular weight excluding hydrogens is 336 g/mol. The van der Waals surface area contributed by atoms with Gasteiger partial charge in [-0.2, -0.15) is 0 Å². The number of ether oxygens (including phenoxy) is 3. The molecule has 0 amide bonds. The quantitative estimate of drug-likeness (QED) is 0.522. The normalized spacial score (nSPS) is 15.3. The fraction of sp³-hybridized carbons (Fsp3) is 0.550. The van der Waals surface area contributed by atoms with Gasteiger partial charge >= 0.3 is 17.9 Å². The van der Waals surface area contributed by atoms with Gasteiger partial charge in [0.25, 0.3) is 0 Å². The van der Waals surface area contributed by atoms with Crippen LogP contribution in [-0.4, -0.2) is 36.7 Å². The maximum atomic E-state index is 12.6. The Morgan fingerprint density at radius 1 is 1.12 bits per heavy atom. The van der Waals surface area contributed by atoms with E-state index in [0.29, 0.717) is 5.56 Å². The van der Waals surface area contributed by atoms with Gasteiger partial charge in [-0.25, -0.2) is 4.79 Å². The van der Waals surface area contributed by atoms with Gasteiger partial charge in [-0.05, 0) is 52.7 Å². The number of benzene rings is 1. The van der Waals surface area contributed by atoms with Crippen molar-refractivity contribution in [1.82, 2.24) is 0 Å². The molecule has 0 bridgehead atoms. The minimum atomic E-state index is -1.19. The first-order valence-electron chi connectivity index (χ1n) is 8.85. The van der Waals surface area contributed by atoms with Crippen LogP contribution in [0.2, 0.25) is 0 Å². The van der Waals surface area contributed by atoms with Crippen LogP contribution in [-0.2, 0) is 23.8 Å². The zero-order chi connectivity index (χ0) is 19.3. The van der Waals surface area contributed by atoms with E-state index in [9.17, 15) is 14.4 Å². The summed E-state index contributed by atoms with van der Waals surface area (Å²) < 4.78 is 15.9. The van der Waals surface area contributed by atoms with Crippen LogP contribution in [0.15, 0.2) is 30.3 Å². The molecule has 1 aromatic rings. The summed E-state index contributed by atoms with van der Waals surface area (Å²) in [5.41, 5.74) is -0.808. The predicted octanol–water partition coefficient (Wildman–Crippen LogP) is 3.14. The lowest BCUT2D eigenvalue weighted by Gasteiger charge is -2.31. The second-order valence-electron chi connectivity index (χ2n) is 7.33. The van der Waals surface area contributed by atoms with Crippen molar-refractivity contribution < 1.29 is 28.6 Å². The molecule has 1 atom stereocenters. The molecule has 1 fully saturated rings. The maximum Gasteiger partial charge on any atom is 0.338 e. The van der Waals surface area contributed by atoms with Gasteiger partial charge in [-0.1, -0.05) is 18.2 Å². The molecule has 0 aliphatic heterocycles. The van der Waals surface area contributed by atoms with Gasteiger partial charge in [0.2, 0.25) is 0 Å². The molecule has 0 saturated heterocycles. The predicted molar refractivity (Wildman–Crippen MR) is 94.3 cm³/mol. The zero-order valence-corrected chi connectivity index (χ0v) is 15.7. The van der Waals surface area contributed by atoms with E-state index in [0.717, 1.165) is 12.8 Å². The van der Waals surface area contributed by atoms with Crippen molar-refractivity contribution in [2.45, 2.75) is 52.7 Å². The van der Waals surface area contributed by atoms with E-state index in [-0.39, 0.29) is 18.8 Å². The van der Waals surface area contributed by atoms with E-state index in [1.54, 1.807) is 58.0 Å². The Labute approximate surface area is 153 Å². The third-order valence-corrected chi connectivity index (χ3v) is 4.22. The van der Waals surface area contributed by atoms with Crippen LogP contribution in [0, 0.1) is 11.3 Å². The first kappa shape index (κ1) is 19.9. The Bertz CT molecular complexity index is 646. The first-order valence-corrected chi connectivity index (χ1v) is 8.85. The van der Waals surface area contributed by atoms with Crippen molar-refractivity contribution in [3.8, 4) is 0 Å². The van der Waals surface area contributed by atoms with Gasteiger partial charge in [0.05, 0.1) is 17.1 Å². The van der Waals surface area contributed by atoms with E-state index in [4.69, 9.17) is 14.2 Å². The Morgan fingerprint density at radius 3 is 2.27 bits per heavy atom. The highest BCUT2D eigenvalue weighted by Crippen LogP contribution is 2.33. The van der Waals surface area contributed by atoms with Gasteiger partial charge in [-0.3, -0.25) is 9.59 Å². The molecule has 6 heteroatoms. The second kappa shape index (κ2) is 8.34. The Morgan fingerprint density at radius 2 is 1.73 bits per heavy atom. The number of hydrogen-bond acceptors (Lipinski definition) is 6. The molecule has 1 aromatic carbocycles. The van der Waals surface area contributed by atoms with E-state index < -0.39 is 29.2 Å². The van der Waals surface area contributed by atoms with Crippen LogP contribution in [0.1, 0.15) is 50.9 Å². The Kier molecular flexibility index (Phi) is 6.40. The summed E-state index contributed by atoms with van der Waals surface area (Å²) in [7, 11) is 0. The Hall–Kier alpha value is -2.37.